The molecule has 1 aromatic carbocycles. The van der Waals surface area contributed by atoms with E-state index in [0.29, 0.717) is 24.2 Å². The molecule has 3 heteroatoms. The van der Waals surface area contributed by atoms with Crippen molar-refractivity contribution >= 4 is 5.69 Å². The van der Waals surface area contributed by atoms with Gasteiger partial charge in [-0.2, -0.15) is 0 Å². The van der Waals surface area contributed by atoms with Gasteiger partial charge in [-0.25, -0.2) is 4.39 Å². The topological polar surface area (TPSA) is 38.0 Å². The second-order valence-electron chi connectivity index (χ2n) is 4.28. The van der Waals surface area contributed by atoms with Crippen molar-refractivity contribution < 1.29 is 4.39 Å². The SMILES string of the molecule is CC(CCN)C1Cc2cccc(F)c2N1. The Morgan fingerprint density at radius 1 is 1.60 bits per heavy atom. The molecular weight excluding hydrogens is 191 g/mol. The molecule has 1 aliphatic heterocycles. The van der Waals surface area contributed by atoms with E-state index in [4.69, 9.17) is 5.73 Å². The van der Waals surface area contributed by atoms with Crippen LogP contribution in [0.4, 0.5) is 10.1 Å². The monoisotopic (exact) mass is 208 g/mol. The third-order valence-electron chi connectivity index (χ3n) is 3.18. The van der Waals surface area contributed by atoms with E-state index in [2.05, 4.69) is 12.2 Å². The molecule has 0 bridgehead atoms. The number of fused-ring (bicyclic) bond motifs is 1. The molecule has 1 aromatic rings. The summed E-state index contributed by atoms with van der Waals surface area (Å²) in [4.78, 5) is 0. The Kier molecular flexibility index (Phi) is 2.91. The van der Waals surface area contributed by atoms with E-state index < -0.39 is 0 Å². The summed E-state index contributed by atoms with van der Waals surface area (Å²) in [6, 6.07) is 5.59. The molecule has 0 aromatic heterocycles. The third kappa shape index (κ3) is 1.97. The van der Waals surface area contributed by atoms with E-state index in [1.807, 2.05) is 6.07 Å². The van der Waals surface area contributed by atoms with Gasteiger partial charge in [0.25, 0.3) is 0 Å². The number of benzene rings is 1. The maximum atomic E-state index is 13.4. The molecule has 0 amide bonds. The van der Waals surface area contributed by atoms with E-state index >= 15 is 0 Å². The lowest BCUT2D eigenvalue weighted by atomic mass is 9.96. The first-order valence-corrected chi connectivity index (χ1v) is 5.46. The van der Waals surface area contributed by atoms with E-state index in [-0.39, 0.29) is 5.82 Å². The van der Waals surface area contributed by atoms with E-state index in [1.165, 1.54) is 6.07 Å². The van der Waals surface area contributed by atoms with Crippen molar-refractivity contribution in [3.8, 4) is 0 Å². The summed E-state index contributed by atoms with van der Waals surface area (Å²) >= 11 is 0. The van der Waals surface area contributed by atoms with Crippen LogP contribution < -0.4 is 11.1 Å². The Morgan fingerprint density at radius 2 is 2.40 bits per heavy atom. The van der Waals surface area contributed by atoms with Crippen molar-refractivity contribution in [2.45, 2.75) is 25.8 Å². The van der Waals surface area contributed by atoms with Crippen LogP contribution in [0.2, 0.25) is 0 Å². The van der Waals surface area contributed by atoms with Gasteiger partial charge in [-0.05, 0) is 36.9 Å². The molecule has 1 aliphatic rings. The Bertz CT molecular complexity index is 351. The zero-order valence-electron chi connectivity index (χ0n) is 8.96. The predicted octanol–water partition coefficient (Wildman–Crippen LogP) is 2.15. The quantitative estimate of drug-likeness (QED) is 0.798. The highest BCUT2D eigenvalue weighted by Gasteiger charge is 2.26. The number of para-hydroxylation sites is 1. The molecule has 3 N–H and O–H groups in total. The molecule has 0 spiro atoms. The van der Waals surface area contributed by atoms with Crippen LogP contribution in [0.5, 0.6) is 0 Å². The van der Waals surface area contributed by atoms with Crippen molar-refractivity contribution in [2.24, 2.45) is 11.7 Å². The summed E-state index contributed by atoms with van der Waals surface area (Å²) in [5.41, 5.74) is 7.30. The van der Waals surface area contributed by atoms with Crippen molar-refractivity contribution in [1.82, 2.24) is 0 Å². The largest absolute Gasteiger partial charge is 0.379 e. The highest BCUT2D eigenvalue weighted by Crippen LogP contribution is 2.31. The number of halogens is 1. The molecular formula is C12H17FN2. The summed E-state index contributed by atoms with van der Waals surface area (Å²) in [7, 11) is 0. The molecule has 15 heavy (non-hydrogen) atoms. The molecule has 0 saturated carbocycles. The minimum atomic E-state index is -0.144. The van der Waals surface area contributed by atoms with Crippen LogP contribution in [0.15, 0.2) is 18.2 Å². The zero-order chi connectivity index (χ0) is 10.8. The predicted molar refractivity (Wildman–Crippen MR) is 60.4 cm³/mol. The number of anilines is 1. The van der Waals surface area contributed by atoms with Gasteiger partial charge in [-0.3, -0.25) is 0 Å². The molecule has 1 heterocycles. The van der Waals surface area contributed by atoms with Crippen LogP contribution in [-0.2, 0) is 6.42 Å². The number of nitrogens with one attached hydrogen (secondary N) is 1. The standard InChI is InChI=1S/C12H17FN2/c1-8(5-6-14)11-7-9-3-2-4-10(13)12(9)15-11/h2-4,8,11,15H,5-7,14H2,1H3. The molecule has 0 aliphatic carbocycles. The van der Waals surface area contributed by atoms with Crippen LogP contribution in [0, 0.1) is 11.7 Å². The Hall–Kier alpha value is -1.09. The first kappa shape index (κ1) is 10.4. The molecule has 2 unspecified atom stereocenters. The summed E-state index contributed by atoms with van der Waals surface area (Å²) in [5.74, 6) is 0.344. The average Bonchev–Trinajstić information content (AvgIpc) is 2.63. The highest BCUT2D eigenvalue weighted by atomic mass is 19.1. The van der Waals surface area contributed by atoms with Crippen LogP contribution in [0.25, 0.3) is 0 Å². The maximum Gasteiger partial charge on any atom is 0.146 e. The van der Waals surface area contributed by atoms with Gasteiger partial charge >= 0.3 is 0 Å². The molecule has 82 valence electrons. The summed E-state index contributed by atoms with van der Waals surface area (Å²) in [6.07, 6.45) is 1.89. The summed E-state index contributed by atoms with van der Waals surface area (Å²) in [5, 5.41) is 3.26. The van der Waals surface area contributed by atoms with E-state index in [0.717, 1.165) is 18.4 Å². The van der Waals surface area contributed by atoms with Crippen LogP contribution >= 0.6 is 0 Å². The summed E-state index contributed by atoms with van der Waals surface area (Å²) < 4.78 is 13.4. The van der Waals surface area contributed by atoms with E-state index in [1.54, 1.807) is 6.07 Å². The van der Waals surface area contributed by atoms with Gasteiger partial charge in [0.15, 0.2) is 0 Å². The summed E-state index contributed by atoms with van der Waals surface area (Å²) in [6.45, 7) is 2.85. The van der Waals surface area contributed by atoms with Gasteiger partial charge in [-0.1, -0.05) is 19.1 Å². The number of hydrogen-bond acceptors (Lipinski definition) is 2. The fourth-order valence-corrected chi connectivity index (χ4v) is 2.18. The molecule has 0 radical (unpaired) electrons. The highest BCUT2D eigenvalue weighted by molar-refractivity contribution is 5.57. The average molecular weight is 208 g/mol. The molecule has 2 atom stereocenters. The normalized spacial score (nSPS) is 20.9. The zero-order valence-corrected chi connectivity index (χ0v) is 8.96. The van der Waals surface area contributed by atoms with Gasteiger partial charge in [0.1, 0.15) is 5.82 Å². The van der Waals surface area contributed by atoms with E-state index in [9.17, 15) is 4.39 Å². The minimum absolute atomic E-state index is 0.144. The van der Waals surface area contributed by atoms with Crippen LogP contribution in [0.1, 0.15) is 18.9 Å². The Labute approximate surface area is 89.7 Å². The van der Waals surface area contributed by atoms with Gasteiger partial charge in [0, 0.05) is 6.04 Å². The molecule has 2 nitrogen and oxygen atoms in total. The van der Waals surface area contributed by atoms with Crippen LogP contribution in [0.3, 0.4) is 0 Å². The second-order valence-corrected chi connectivity index (χ2v) is 4.28. The lowest BCUT2D eigenvalue weighted by molar-refractivity contribution is 0.464. The Morgan fingerprint density at radius 3 is 3.07 bits per heavy atom. The second kappa shape index (κ2) is 4.19. The van der Waals surface area contributed by atoms with Crippen molar-refractivity contribution in [1.29, 1.82) is 0 Å². The first-order chi connectivity index (χ1) is 7.22. The number of rotatable bonds is 3. The number of hydrogen-bond donors (Lipinski definition) is 2. The lowest BCUT2D eigenvalue weighted by Crippen LogP contribution is -2.26. The van der Waals surface area contributed by atoms with Crippen molar-refractivity contribution in [3.05, 3.63) is 29.6 Å². The van der Waals surface area contributed by atoms with Gasteiger partial charge < -0.3 is 11.1 Å². The number of nitrogens with two attached hydrogens (primary N) is 1. The van der Waals surface area contributed by atoms with Gasteiger partial charge in [0.2, 0.25) is 0 Å². The van der Waals surface area contributed by atoms with Gasteiger partial charge in [0.05, 0.1) is 5.69 Å². The van der Waals surface area contributed by atoms with Crippen LogP contribution in [-0.4, -0.2) is 12.6 Å². The minimum Gasteiger partial charge on any atom is -0.379 e. The van der Waals surface area contributed by atoms with Gasteiger partial charge in [-0.15, -0.1) is 0 Å². The maximum absolute atomic E-state index is 13.4. The fourth-order valence-electron chi connectivity index (χ4n) is 2.18. The molecule has 0 saturated heterocycles. The molecule has 2 rings (SSSR count). The van der Waals surface area contributed by atoms with Crippen molar-refractivity contribution in [3.63, 3.8) is 0 Å². The fraction of sp³-hybridized carbons (Fsp3) is 0.500. The van der Waals surface area contributed by atoms with Crippen molar-refractivity contribution in [2.75, 3.05) is 11.9 Å². The first-order valence-electron chi connectivity index (χ1n) is 5.46. The smallest absolute Gasteiger partial charge is 0.146 e. The Balaban J connectivity index is 2.12. The lowest BCUT2D eigenvalue weighted by Gasteiger charge is -2.19. The third-order valence-corrected chi connectivity index (χ3v) is 3.18. The molecule has 0 fully saturated rings.